The molecule has 0 unspecified atom stereocenters. The molecule has 4 rings (SSSR count). The molecule has 1 N–H and O–H groups in total. The van der Waals surface area contributed by atoms with Crippen molar-refractivity contribution in [2.75, 3.05) is 31.5 Å². The number of fused-ring (bicyclic) bond motifs is 2. The van der Waals surface area contributed by atoms with Gasteiger partial charge in [-0.05, 0) is 38.1 Å². The van der Waals surface area contributed by atoms with Gasteiger partial charge in [0.05, 0.1) is 10.3 Å². The van der Waals surface area contributed by atoms with E-state index in [9.17, 15) is 10.1 Å². The zero-order valence-electron chi connectivity index (χ0n) is 13.7. The van der Waals surface area contributed by atoms with Gasteiger partial charge in [0.15, 0.2) is 5.52 Å². The van der Waals surface area contributed by atoms with Crippen molar-refractivity contribution in [3.8, 4) is 0 Å². The Labute approximate surface area is 144 Å². The van der Waals surface area contributed by atoms with Gasteiger partial charge in [0.25, 0.3) is 0 Å². The number of aromatic nitrogens is 3. The van der Waals surface area contributed by atoms with Crippen molar-refractivity contribution < 1.29 is 4.92 Å². The van der Waals surface area contributed by atoms with Crippen molar-refractivity contribution in [3.05, 3.63) is 40.8 Å². The molecular weight excluding hydrogens is 320 g/mol. The Hall–Kier alpha value is -2.87. The van der Waals surface area contributed by atoms with E-state index in [1.165, 1.54) is 12.8 Å². The number of nitro benzene ring substituents is 1. The first-order valence-corrected chi connectivity index (χ1v) is 8.36. The molecule has 8 heteroatoms. The van der Waals surface area contributed by atoms with Crippen LogP contribution in [0.4, 0.5) is 11.6 Å². The first-order valence-electron chi connectivity index (χ1n) is 8.36. The van der Waals surface area contributed by atoms with Crippen molar-refractivity contribution in [1.29, 1.82) is 0 Å². The highest BCUT2D eigenvalue weighted by Crippen LogP contribution is 2.32. The summed E-state index contributed by atoms with van der Waals surface area (Å²) in [6, 6.07) is 3.48. The quantitative estimate of drug-likeness (QED) is 0.434. The Morgan fingerprint density at radius 1 is 1.24 bits per heavy atom. The summed E-state index contributed by atoms with van der Waals surface area (Å²) in [5.41, 5.74) is 0.349. The Balaban J connectivity index is 1.67. The molecule has 0 radical (unpaired) electrons. The fourth-order valence-corrected chi connectivity index (χ4v) is 3.32. The lowest BCUT2D eigenvalue weighted by atomic mass is 10.1. The lowest BCUT2D eigenvalue weighted by Crippen LogP contribution is -2.26. The maximum atomic E-state index is 11.6. The number of hydrogen-bond acceptors (Lipinski definition) is 7. The van der Waals surface area contributed by atoms with Gasteiger partial charge >= 0.3 is 5.69 Å². The average molecular weight is 338 g/mol. The van der Waals surface area contributed by atoms with E-state index in [4.69, 9.17) is 0 Å². The second kappa shape index (κ2) is 6.56. The number of non-ortho nitro benzene ring substituents is 1. The number of rotatable bonds is 5. The maximum absolute atomic E-state index is 11.6. The number of benzene rings is 1. The van der Waals surface area contributed by atoms with Crippen LogP contribution in [0.5, 0.6) is 0 Å². The van der Waals surface area contributed by atoms with Crippen LogP contribution in [0.1, 0.15) is 12.8 Å². The third-order valence-electron chi connectivity index (χ3n) is 4.55. The molecule has 1 saturated heterocycles. The molecule has 1 aliphatic rings. The lowest BCUT2D eigenvalue weighted by molar-refractivity contribution is -0.381. The van der Waals surface area contributed by atoms with Gasteiger partial charge in [-0.1, -0.05) is 0 Å². The fourth-order valence-electron chi connectivity index (χ4n) is 3.32. The van der Waals surface area contributed by atoms with E-state index >= 15 is 0 Å². The van der Waals surface area contributed by atoms with Gasteiger partial charge in [0.2, 0.25) is 5.95 Å². The fraction of sp³-hybridized carbons (Fsp3) is 0.353. The predicted molar refractivity (Wildman–Crippen MR) is 95.7 cm³/mol. The summed E-state index contributed by atoms with van der Waals surface area (Å²) in [7, 11) is 0. The molecule has 25 heavy (non-hydrogen) atoms. The Morgan fingerprint density at radius 3 is 2.88 bits per heavy atom. The van der Waals surface area contributed by atoms with Crippen LogP contribution in [0.3, 0.4) is 0 Å². The molecule has 1 aliphatic heterocycles. The summed E-state index contributed by atoms with van der Waals surface area (Å²) in [6.45, 7) is 3.90. The minimum absolute atomic E-state index is 0.0000992. The van der Waals surface area contributed by atoms with Crippen LogP contribution < -0.4 is 5.32 Å². The molecule has 1 aromatic carbocycles. The highest BCUT2D eigenvalue weighted by atomic mass is 16.6. The Morgan fingerprint density at radius 2 is 2.08 bits per heavy atom. The zero-order chi connectivity index (χ0) is 17.2. The molecule has 0 bridgehead atoms. The van der Waals surface area contributed by atoms with Crippen molar-refractivity contribution in [3.63, 3.8) is 0 Å². The second-order valence-electron chi connectivity index (χ2n) is 6.19. The monoisotopic (exact) mass is 338 g/mol. The van der Waals surface area contributed by atoms with Crippen LogP contribution in [0.2, 0.25) is 0 Å². The van der Waals surface area contributed by atoms with E-state index in [0.717, 1.165) is 26.2 Å². The Kier molecular flexibility index (Phi) is 4.10. The topological polar surface area (TPSA) is 97.1 Å². The van der Waals surface area contributed by atoms with Crippen molar-refractivity contribution in [2.45, 2.75) is 12.8 Å². The molecule has 8 nitrogen and oxygen atoms in total. The standard InChI is InChI=1S/C17H18N6O2/c24-23(25)16-14-3-4-18-10-12(14)9-13-11-20-17(21-15(13)16)19-5-8-22-6-1-2-7-22/h3-4,9-11H,1-2,5-8H2,(H,19,20,21). The van der Waals surface area contributed by atoms with Crippen LogP contribution in [0, 0.1) is 10.1 Å². The molecule has 128 valence electrons. The van der Waals surface area contributed by atoms with Gasteiger partial charge in [0.1, 0.15) is 0 Å². The highest BCUT2D eigenvalue weighted by molar-refractivity contribution is 6.06. The van der Waals surface area contributed by atoms with Crippen LogP contribution in [-0.2, 0) is 0 Å². The summed E-state index contributed by atoms with van der Waals surface area (Å²) >= 11 is 0. The third kappa shape index (κ3) is 3.08. The number of nitro groups is 1. The molecule has 0 atom stereocenters. The first kappa shape index (κ1) is 15.6. The number of hydrogen-bond donors (Lipinski definition) is 1. The van der Waals surface area contributed by atoms with Gasteiger partial charge in [-0.25, -0.2) is 9.97 Å². The van der Waals surface area contributed by atoms with Crippen molar-refractivity contribution in [1.82, 2.24) is 19.9 Å². The molecule has 0 spiro atoms. The number of likely N-dealkylation sites (tertiary alicyclic amines) is 1. The molecule has 0 amide bonds. The summed E-state index contributed by atoms with van der Waals surface area (Å²) in [5.74, 6) is 0.420. The molecular formula is C17H18N6O2. The third-order valence-corrected chi connectivity index (χ3v) is 4.55. The van der Waals surface area contributed by atoms with Crippen LogP contribution in [0.25, 0.3) is 21.7 Å². The number of pyridine rings is 1. The summed E-state index contributed by atoms with van der Waals surface area (Å²) in [6.07, 6.45) is 7.29. The molecule has 2 aromatic heterocycles. The molecule has 0 aliphatic carbocycles. The number of anilines is 1. The van der Waals surface area contributed by atoms with Crippen LogP contribution in [0.15, 0.2) is 30.7 Å². The highest BCUT2D eigenvalue weighted by Gasteiger charge is 2.20. The first-order chi connectivity index (χ1) is 12.2. The van der Waals surface area contributed by atoms with E-state index in [2.05, 4.69) is 25.2 Å². The molecule has 3 heterocycles. The second-order valence-corrected chi connectivity index (χ2v) is 6.19. The minimum atomic E-state index is -0.383. The molecule has 1 fully saturated rings. The Bertz CT molecular complexity index is 939. The van der Waals surface area contributed by atoms with Gasteiger partial charge in [-0.3, -0.25) is 15.1 Å². The molecule has 0 saturated carbocycles. The van der Waals surface area contributed by atoms with Gasteiger partial charge in [-0.2, -0.15) is 0 Å². The predicted octanol–water partition coefficient (Wildman–Crippen LogP) is 2.59. The lowest BCUT2D eigenvalue weighted by Gasteiger charge is -2.14. The van der Waals surface area contributed by atoms with E-state index in [0.29, 0.717) is 27.6 Å². The summed E-state index contributed by atoms with van der Waals surface area (Å²) in [5, 5.41) is 16.7. The summed E-state index contributed by atoms with van der Waals surface area (Å²) in [4.78, 5) is 26.4. The SMILES string of the molecule is O=[N+]([O-])c1c2ccncc2cc2cnc(NCCN3CCCC3)nc12. The number of nitrogens with one attached hydrogen (secondary N) is 1. The van der Waals surface area contributed by atoms with E-state index in [-0.39, 0.29) is 10.6 Å². The van der Waals surface area contributed by atoms with Gasteiger partial charge in [0, 0.05) is 42.5 Å². The van der Waals surface area contributed by atoms with Gasteiger partial charge < -0.3 is 10.2 Å². The average Bonchev–Trinajstić information content (AvgIpc) is 3.13. The smallest absolute Gasteiger partial charge is 0.303 e. The summed E-state index contributed by atoms with van der Waals surface area (Å²) < 4.78 is 0. The van der Waals surface area contributed by atoms with Crippen molar-refractivity contribution >= 4 is 33.3 Å². The normalized spacial score (nSPS) is 15.0. The van der Waals surface area contributed by atoms with Gasteiger partial charge in [-0.15, -0.1) is 0 Å². The van der Waals surface area contributed by atoms with E-state index < -0.39 is 0 Å². The zero-order valence-corrected chi connectivity index (χ0v) is 13.7. The number of nitrogens with zero attached hydrogens (tertiary/aromatic N) is 5. The maximum Gasteiger partial charge on any atom is 0.303 e. The minimum Gasteiger partial charge on any atom is -0.353 e. The van der Waals surface area contributed by atoms with E-state index in [1.807, 2.05) is 6.07 Å². The van der Waals surface area contributed by atoms with Crippen molar-refractivity contribution in [2.24, 2.45) is 0 Å². The van der Waals surface area contributed by atoms with E-state index in [1.54, 1.807) is 24.7 Å². The van der Waals surface area contributed by atoms with Crippen LogP contribution in [-0.4, -0.2) is 51.0 Å². The molecule has 3 aromatic rings. The largest absolute Gasteiger partial charge is 0.353 e. The van der Waals surface area contributed by atoms with Crippen LogP contribution >= 0.6 is 0 Å².